The van der Waals surface area contributed by atoms with Gasteiger partial charge in [0.15, 0.2) is 0 Å². The number of fused-ring (bicyclic) bond motifs is 1. The fourth-order valence-electron chi connectivity index (χ4n) is 5.95. The fraction of sp³-hybridized carbons (Fsp3) is 0.560. The van der Waals surface area contributed by atoms with Gasteiger partial charge in [-0.3, -0.25) is 9.59 Å². The predicted octanol–water partition coefficient (Wildman–Crippen LogP) is 3.74. The minimum absolute atomic E-state index is 0.108. The molecule has 1 atom stereocenters. The molecular formula is C25H30N4O2. The van der Waals surface area contributed by atoms with Gasteiger partial charge in [0, 0.05) is 37.0 Å². The Labute approximate surface area is 183 Å². The first-order valence-corrected chi connectivity index (χ1v) is 11.9. The lowest BCUT2D eigenvalue weighted by Gasteiger charge is -2.43. The van der Waals surface area contributed by atoms with E-state index in [0.29, 0.717) is 17.7 Å². The summed E-state index contributed by atoms with van der Waals surface area (Å²) in [6.45, 7) is 4.39. The van der Waals surface area contributed by atoms with E-state index in [1.54, 1.807) is 0 Å². The van der Waals surface area contributed by atoms with Crippen LogP contribution in [0.3, 0.4) is 0 Å². The maximum absolute atomic E-state index is 13.6. The van der Waals surface area contributed by atoms with Crippen molar-refractivity contribution in [2.24, 2.45) is 17.8 Å². The molecule has 6 heteroatoms. The Kier molecular flexibility index (Phi) is 4.44. The Balaban J connectivity index is 1.22. The second-order valence-corrected chi connectivity index (χ2v) is 9.93. The van der Waals surface area contributed by atoms with E-state index in [0.717, 1.165) is 55.1 Å². The van der Waals surface area contributed by atoms with Gasteiger partial charge in [0.05, 0.1) is 17.4 Å². The van der Waals surface area contributed by atoms with Crippen molar-refractivity contribution in [3.05, 3.63) is 47.3 Å². The maximum atomic E-state index is 13.6. The lowest BCUT2D eigenvalue weighted by atomic mass is 9.95. The zero-order valence-electron chi connectivity index (χ0n) is 18.2. The second kappa shape index (κ2) is 7.21. The normalized spacial score (nSPS) is 24.0. The van der Waals surface area contributed by atoms with Crippen LogP contribution in [-0.4, -0.2) is 51.0 Å². The number of likely N-dealkylation sites (tertiary alicyclic amines) is 1. The van der Waals surface area contributed by atoms with E-state index in [-0.39, 0.29) is 17.9 Å². The SMILES string of the molecule is Cc1nn(-c2ccccc2)c2c1C(C1CC1)N(CC1CN(C(=O)C3CCCC3)C1)C2=O. The quantitative estimate of drug-likeness (QED) is 0.743. The van der Waals surface area contributed by atoms with E-state index in [1.807, 2.05) is 46.8 Å². The Morgan fingerprint density at radius 2 is 1.77 bits per heavy atom. The highest BCUT2D eigenvalue weighted by molar-refractivity contribution is 5.98. The highest BCUT2D eigenvalue weighted by atomic mass is 16.2. The molecule has 1 unspecified atom stereocenters. The van der Waals surface area contributed by atoms with Crippen molar-refractivity contribution < 1.29 is 9.59 Å². The van der Waals surface area contributed by atoms with Crippen LogP contribution < -0.4 is 0 Å². The summed E-state index contributed by atoms with van der Waals surface area (Å²) in [4.78, 5) is 30.4. The van der Waals surface area contributed by atoms with Crippen LogP contribution in [0.25, 0.3) is 5.69 Å². The van der Waals surface area contributed by atoms with E-state index in [2.05, 4.69) is 4.90 Å². The highest BCUT2D eigenvalue weighted by Gasteiger charge is 2.50. The number of rotatable bonds is 5. The standard InChI is InChI=1S/C25H30N4O2/c1-16-21-22(18-11-12-18)28(15-17-13-27(14-17)24(30)19-7-5-6-8-19)25(31)23(21)29(26-16)20-9-3-2-4-10-20/h2-4,9-10,17-19,22H,5-8,11-15H2,1H3. The molecule has 2 amide bonds. The molecule has 3 fully saturated rings. The molecule has 1 aromatic heterocycles. The molecule has 1 aromatic carbocycles. The minimum Gasteiger partial charge on any atom is -0.342 e. The Bertz CT molecular complexity index is 1010. The molecule has 2 saturated carbocycles. The first kappa shape index (κ1) is 19.1. The van der Waals surface area contributed by atoms with Gasteiger partial charge in [-0.1, -0.05) is 31.0 Å². The largest absolute Gasteiger partial charge is 0.342 e. The zero-order chi connectivity index (χ0) is 21.1. The van der Waals surface area contributed by atoms with Crippen LogP contribution in [0.5, 0.6) is 0 Å². The maximum Gasteiger partial charge on any atom is 0.273 e. The van der Waals surface area contributed by atoms with Crippen molar-refractivity contribution >= 4 is 11.8 Å². The van der Waals surface area contributed by atoms with Crippen LogP contribution >= 0.6 is 0 Å². The van der Waals surface area contributed by atoms with Crippen molar-refractivity contribution in [2.45, 2.75) is 51.5 Å². The smallest absolute Gasteiger partial charge is 0.273 e. The lowest BCUT2D eigenvalue weighted by molar-refractivity contribution is -0.142. The molecule has 0 N–H and O–H groups in total. The van der Waals surface area contributed by atoms with Crippen molar-refractivity contribution in [2.75, 3.05) is 19.6 Å². The van der Waals surface area contributed by atoms with Gasteiger partial charge in [0.25, 0.3) is 5.91 Å². The summed E-state index contributed by atoms with van der Waals surface area (Å²) < 4.78 is 1.85. The van der Waals surface area contributed by atoms with Crippen molar-refractivity contribution in [1.82, 2.24) is 19.6 Å². The van der Waals surface area contributed by atoms with E-state index >= 15 is 0 Å². The summed E-state index contributed by atoms with van der Waals surface area (Å²) >= 11 is 0. The molecule has 0 spiro atoms. The molecule has 2 aromatic rings. The average Bonchev–Trinajstić information content (AvgIpc) is 3.19. The molecule has 6 nitrogen and oxygen atoms in total. The van der Waals surface area contributed by atoms with Gasteiger partial charge in [-0.05, 0) is 50.7 Å². The van der Waals surface area contributed by atoms with Gasteiger partial charge < -0.3 is 9.80 Å². The number of para-hydroxylation sites is 1. The number of hydrogen-bond donors (Lipinski definition) is 0. The molecule has 0 radical (unpaired) electrons. The molecule has 6 rings (SSSR count). The first-order chi connectivity index (χ1) is 15.1. The molecule has 2 aliphatic heterocycles. The zero-order valence-corrected chi connectivity index (χ0v) is 18.2. The van der Waals surface area contributed by atoms with Crippen LogP contribution in [0.15, 0.2) is 30.3 Å². The van der Waals surface area contributed by atoms with Crippen molar-refractivity contribution in [3.63, 3.8) is 0 Å². The lowest BCUT2D eigenvalue weighted by Crippen LogP contribution is -2.55. The summed E-state index contributed by atoms with van der Waals surface area (Å²) in [6, 6.07) is 10.1. The Morgan fingerprint density at radius 1 is 1.06 bits per heavy atom. The van der Waals surface area contributed by atoms with Gasteiger partial charge in [0.1, 0.15) is 5.69 Å². The minimum atomic E-state index is 0.108. The van der Waals surface area contributed by atoms with Crippen molar-refractivity contribution in [1.29, 1.82) is 0 Å². The molecule has 1 saturated heterocycles. The summed E-state index contributed by atoms with van der Waals surface area (Å²) in [5, 5.41) is 4.76. The average molecular weight is 419 g/mol. The van der Waals surface area contributed by atoms with Crippen LogP contribution in [0.1, 0.15) is 66.3 Å². The third-order valence-electron chi connectivity index (χ3n) is 7.70. The van der Waals surface area contributed by atoms with Crippen LogP contribution in [0, 0.1) is 24.7 Å². The number of hydrogen-bond acceptors (Lipinski definition) is 3. The Morgan fingerprint density at radius 3 is 2.45 bits per heavy atom. The molecule has 31 heavy (non-hydrogen) atoms. The fourth-order valence-corrected chi connectivity index (χ4v) is 5.95. The number of aryl methyl sites for hydroxylation is 1. The van der Waals surface area contributed by atoms with Gasteiger partial charge in [-0.2, -0.15) is 5.10 Å². The molecular weight excluding hydrogens is 388 g/mol. The number of aromatic nitrogens is 2. The molecule has 162 valence electrons. The summed E-state index contributed by atoms with van der Waals surface area (Å²) in [5.41, 5.74) is 3.79. The third-order valence-corrected chi connectivity index (χ3v) is 7.70. The van der Waals surface area contributed by atoms with Crippen LogP contribution in [0.2, 0.25) is 0 Å². The van der Waals surface area contributed by atoms with Gasteiger partial charge in [-0.15, -0.1) is 0 Å². The Hall–Kier alpha value is -2.63. The van der Waals surface area contributed by atoms with E-state index in [1.165, 1.54) is 25.7 Å². The van der Waals surface area contributed by atoms with E-state index < -0.39 is 0 Å². The van der Waals surface area contributed by atoms with E-state index in [4.69, 9.17) is 5.10 Å². The predicted molar refractivity (Wildman–Crippen MR) is 117 cm³/mol. The van der Waals surface area contributed by atoms with E-state index in [9.17, 15) is 9.59 Å². The number of amides is 2. The summed E-state index contributed by atoms with van der Waals surface area (Å²) in [7, 11) is 0. The number of nitrogens with zero attached hydrogens (tertiary/aromatic N) is 4. The number of carbonyl (C=O) groups is 2. The molecule has 2 aliphatic carbocycles. The van der Waals surface area contributed by atoms with Crippen LogP contribution in [-0.2, 0) is 4.79 Å². The van der Waals surface area contributed by atoms with Crippen molar-refractivity contribution in [3.8, 4) is 5.69 Å². The van der Waals surface area contributed by atoms with Gasteiger partial charge >= 0.3 is 0 Å². The summed E-state index contributed by atoms with van der Waals surface area (Å²) in [5.74, 6) is 1.64. The molecule has 3 heterocycles. The molecule has 4 aliphatic rings. The first-order valence-electron chi connectivity index (χ1n) is 11.9. The van der Waals surface area contributed by atoms with Gasteiger partial charge in [0.2, 0.25) is 5.91 Å². The number of carbonyl (C=O) groups excluding carboxylic acids is 2. The van der Waals surface area contributed by atoms with Gasteiger partial charge in [-0.25, -0.2) is 4.68 Å². The summed E-state index contributed by atoms with van der Waals surface area (Å²) in [6.07, 6.45) is 6.85. The topological polar surface area (TPSA) is 58.4 Å². The molecule has 0 bridgehead atoms. The second-order valence-electron chi connectivity index (χ2n) is 9.93. The van der Waals surface area contributed by atoms with Crippen LogP contribution in [0.4, 0.5) is 0 Å². The monoisotopic (exact) mass is 418 g/mol. The third kappa shape index (κ3) is 3.10. The highest BCUT2D eigenvalue weighted by Crippen LogP contribution is 2.51. The number of benzene rings is 1.